The number of benzene rings is 4. The molecule has 3 N–H and O–H groups in total. The molecule has 12 heteroatoms. The number of carbonyl (C=O) groups is 3. The van der Waals surface area contributed by atoms with E-state index in [1.807, 2.05) is 42.5 Å². The summed E-state index contributed by atoms with van der Waals surface area (Å²) < 4.78 is 22.5. The number of urea groups is 1. The number of methoxy groups -OCH3 is 1. The van der Waals surface area contributed by atoms with Gasteiger partial charge in [-0.25, -0.2) is 15.0 Å². The molecule has 0 aromatic heterocycles. The quantitative estimate of drug-likeness (QED) is 0.0996. The van der Waals surface area contributed by atoms with E-state index in [2.05, 4.69) is 21.2 Å². The molecular weight excluding hydrogens is 624 g/mol. The summed E-state index contributed by atoms with van der Waals surface area (Å²) in [5.41, 5.74) is 5.25. The van der Waals surface area contributed by atoms with Gasteiger partial charge in [-0.15, -0.1) is 0 Å². The number of hydrogen-bond donors (Lipinski definition) is 3. The maximum atomic E-state index is 12.6. The van der Waals surface area contributed by atoms with Gasteiger partial charge in [0.2, 0.25) is 0 Å². The van der Waals surface area contributed by atoms with Crippen LogP contribution in [0.5, 0.6) is 17.2 Å². The van der Waals surface area contributed by atoms with Crippen LogP contribution in [-0.4, -0.2) is 44.4 Å². The molecule has 0 bridgehead atoms. The van der Waals surface area contributed by atoms with Crippen LogP contribution < -0.4 is 30.3 Å². The summed E-state index contributed by atoms with van der Waals surface area (Å²) in [5, 5.41) is 12.1. The second-order valence-electron chi connectivity index (χ2n) is 10.4. The molecule has 0 aliphatic carbocycles. The van der Waals surface area contributed by atoms with E-state index in [1.54, 1.807) is 50.2 Å². The lowest BCUT2D eigenvalue weighted by Gasteiger charge is -2.28. The van der Waals surface area contributed by atoms with E-state index in [1.165, 1.54) is 13.3 Å². The number of hydrazone groups is 1. The molecule has 1 atom stereocenters. The van der Waals surface area contributed by atoms with E-state index in [9.17, 15) is 14.4 Å². The van der Waals surface area contributed by atoms with Crippen LogP contribution in [0.2, 0.25) is 5.02 Å². The highest BCUT2D eigenvalue weighted by Gasteiger charge is 2.32. The third-order valence-electron chi connectivity index (χ3n) is 7.27. The Kier molecular flexibility index (Phi) is 10.6. The molecule has 0 saturated heterocycles. The fraction of sp³-hybridized carbons (Fsp3) is 0.200. The van der Waals surface area contributed by atoms with Crippen LogP contribution in [0.15, 0.2) is 95.2 Å². The van der Waals surface area contributed by atoms with Crippen molar-refractivity contribution in [1.82, 2.24) is 16.1 Å². The van der Waals surface area contributed by atoms with Crippen molar-refractivity contribution in [2.75, 3.05) is 20.3 Å². The number of ether oxygens (including phenoxy) is 4. The zero-order chi connectivity index (χ0) is 33.3. The second-order valence-corrected chi connectivity index (χ2v) is 10.8. The average Bonchev–Trinajstić information content (AvgIpc) is 3.06. The zero-order valence-corrected chi connectivity index (χ0v) is 26.7. The Balaban J connectivity index is 1.22. The van der Waals surface area contributed by atoms with Gasteiger partial charge < -0.3 is 29.6 Å². The molecule has 1 aliphatic rings. The molecule has 1 aliphatic heterocycles. The van der Waals surface area contributed by atoms with Crippen molar-refractivity contribution in [2.45, 2.75) is 26.5 Å². The molecule has 0 spiro atoms. The first kappa shape index (κ1) is 32.8. The molecule has 0 radical (unpaired) electrons. The lowest BCUT2D eigenvalue weighted by Crippen LogP contribution is -2.45. The topological polar surface area (TPSA) is 137 Å². The first-order valence-electron chi connectivity index (χ1n) is 14.7. The maximum Gasteiger partial charge on any atom is 0.338 e. The molecular formula is C35H33ClN4O7. The van der Waals surface area contributed by atoms with Crippen molar-refractivity contribution in [3.05, 3.63) is 112 Å². The van der Waals surface area contributed by atoms with Crippen LogP contribution in [0, 0.1) is 0 Å². The molecule has 0 unspecified atom stereocenters. The van der Waals surface area contributed by atoms with E-state index in [0.717, 1.165) is 16.3 Å². The minimum absolute atomic E-state index is 0.179. The van der Waals surface area contributed by atoms with Gasteiger partial charge in [-0.05, 0) is 66.1 Å². The Labute approximate surface area is 276 Å². The average molecular weight is 657 g/mol. The zero-order valence-electron chi connectivity index (χ0n) is 26.0. The molecule has 4 aromatic rings. The number of allylic oxidation sites excluding steroid dienone is 1. The van der Waals surface area contributed by atoms with E-state index in [-0.39, 0.29) is 24.5 Å². The summed E-state index contributed by atoms with van der Waals surface area (Å²) in [5.74, 6) is 0.0246. The predicted octanol–water partition coefficient (Wildman–Crippen LogP) is 5.80. The number of halogens is 1. The first-order valence-corrected chi connectivity index (χ1v) is 15.1. The van der Waals surface area contributed by atoms with Gasteiger partial charge in [-0.1, -0.05) is 60.1 Å². The van der Waals surface area contributed by atoms with Crippen LogP contribution in [0.3, 0.4) is 0 Å². The number of rotatable bonds is 12. The Morgan fingerprint density at radius 3 is 2.57 bits per heavy atom. The highest BCUT2D eigenvalue weighted by Crippen LogP contribution is 2.34. The minimum atomic E-state index is -0.782. The van der Waals surface area contributed by atoms with Crippen molar-refractivity contribution < 1.29 is 33.3 Å². The van der Waals surface area contributed by atoms with Gasteiger partial charge >= 0.3 is 12.0 Å². The summed E-state index contributed by atoms with van der Waals surface area (Å²) in [6.07, 6.45) is 1.45. The Hall–Kier alpha value is -5.55. The van der Waals surface area contributed by atoms with E-state index in [0.29, 0.717) is 40.0 Å². The van der Waals surface area contributed by atoms with Crippen LogP contribution in [0.1, 0.15) is 36.6 Å². The second kappa shape index (κ2) is 15.2. The number of nitrogens with one attached hydrogen (secondary N) is 3. The standard InChI is InChI=1S/C35H33ClN4O7/c1-4-45-34(42)32-21(2)38-35(43)39-33(32)23-12-14-29(30(17-23)44-3)47-20-31(41)40-37-18-25-16-26(36)13-15-28(25)46-19-24-10-7-9-22-8-5-6-11-27(22)24/h5-18,33H,4,19-20H2,1-3H3,(H,40,41)(H2,38,39,43)/b37-18+/t33-/m1/s1. The molecule has 5 rings (SSSR count). The van der Waals surface area contributed by atoms with Gasteiger partial charge in [0.25, 0.3) is 5.91 Å². The third kappa shape index (κ3) is 8.00. The lowest BCUT2D eigenvalue weighted by molar-refractivity contribution is -0.139. The Morgan fingerprint density at radius 1 is 0.979 bits per heavy atom. The van der Waals surface area contributed by atoms with Crippen LogP contribution >= 0.6 is 11.6 Å². The third-order valence-corrected chi connectivity index (χ3v) is 7.51. The van der Waals surface area contributed by atoms with Gasteiger partial charge in [0.05, 0.1) is 31.5 Å². The molecule has 1 heterocycles. The van der Waals surface area contributed by atoms with E-state index >= 15 is 0 Å². The largest absolute Gasteiger partial charge is 0.493 e. The number of amides is 3. The number of carbonyl (C=O) groups excluding carboxylic acids is 3. The van der Waals surface area contributed by atoms with Crippen molar-refractivity contribution in [3.8, 4) is 17.2 Å². The summed E-state index contributed by atoms with van der Waals surface area (Å²) in [4.78, 5) is 37.4. The molecule has 242 valence electrons. The monoisotopic (exact) mass is 656 g/mol. The highest BCUT2D eigenvalue weighted by molar-refractivity contribution is 6.30. The predicted molar refractivity (Wildman–Crippen MR) is 178 cm³/mol. The van der Waals surface area contributed by atoms with E-state index < -0.39 is 23.9 Å². The van der Waals surface area contributed by atoms with E-state index in [4.69, 9.17) is 30.5 Å². The van der Waals surface area contributed by atoms with Crippen LogP contribution in [0.25, 0.3) is 10.8 Å². The molecule has 0 fully saturated rings. The summed E-state index contributed by atoms with van der Waals surface area (Å²) in [6.45, 7) is 3.46. The summed E-state index contributed by atoms with van der Waals surface area (Å²) in [7, 11) is 1.44. The summed E-state index contributed by atoms with van der Waals surface area (Å²) in [6, 6.07) is 22.9. The highest BCUT2D eigenvalue weighted by atomic mass is 35.5. The van der Waals surface area contributed by atoms with Gasteiger partial charge in [0.1, 0.15) is 12.4 Å². The van der Waals surface area contributed by atoms with Gasteiger partial charge in [0, 0.05) is 16.3 Å². The summed E-state index contributed by atoms with van der Waals surface area (Å²) >= 11 is 6.23. The molecule has 0 saturated carbocycles. The SMILES string of the molecule is CCOC(=O)C1=C(C)NC(=O)N[C@@H]1c1ccc(OCC(=O)N/N=C/c2cc(Cl)ccc2OCc2cccc3ccccc23)c(OC)c1. The van der Waals surface area contributed by atoms with Crippen LogP contribution in [-0.2, 0) is 20.9 Å². The lowest BCUT2D eigenvalue weighted by atomic mass is 9.95. The smallest absolute Gasteiger partial charge is 0.338 e. The van der Waals surface area contributed by atoms with Gasteiger partial charge in [-0.3, -0.25) is 4.79 Å². The van der Waals surface area contributed by atoms with Crippen molar-refractivity contribution in [2.24, 2.45) is 5.10 Å². The molecule has 4 aromatic carbocycles. The number of nitrogens with zero attached hydrogens (tertiary/aromatic N) is 1. The van der Waals surface area contributed by atoms with Gasteiger partial charge in [0.15, 0.2) is 18.1 Å². The number of fused-ring (bicyclic) bond motifs is 1. The Morgan fingerprint density at radius 2 is 1.77 bits per heavy atom. The first-order chi connectivity index (χ1) is 22.8. The fourth-order valence-corrected chi connectivity index (χ4v) is 5.26. The van der Waals surface area contributed by atoms with Crippen molar-refractivity contribution in [1.29, 1.82) is 0 Å². The molecule has 47 heavy (non-hydrogen) atoms. The van der Waals surface area contributed by atoms with Gasteiger partial charge in [-0.2, -0.15) is 5.10 Å². The normalized spacial score (nSPS) is 14.4. The molecule has 3 amide bonds. The van der Waals surface area contributed by atoms with Crippen molar-refractivity contribution in [3.63, 3.8) is 0 Å². The minimum Gasteiger partial charge on any atom is -0.493 e. The number of esters is 1. The Bertz CT molecular complexity index is 1870. The van der Waals surface area contributed by atoms with Crippen LogP contribution in [0.4, 0.5) is 4.79 Å². The number of hydrogen-bond acceptors (Lipinski definition) is 8. The molecule has 11 nitrogen and oxygen atoms in total. The fourth-order valence-electron chi connectivity index (χ4n) is 5.08. The van der Waals surface area contributed by atoms with Crippen molar-refractivity contribution >= 4 is 46.5 Å². The maximum absolute atomic E-state index is 12.6.